The van der Waals surface area contributed by atoms with E-state index >= 15 is 0 Å². The van der Waals surface area contributed by atoms with Crippen LogP contribution in [-0.4, -0.2) is 5.97 Å². The van der Waals surface area contributed by atoms with Crippen molar-refractivity contribution in [1.29, 1.82) is 0 Å². The summed E-state index contributed by atoms with van der Waals surface area (Å²) in [6.45, 7) is 4.30. The molecule has 0 aliphatic heterocycles. The fourth-order valence-corrected chi connectivity index (χ4v) is 5.60. The molecule has 1 saturated carbocycles. The first-order valence-corrected chi connectivity index (χ1v) is 14.0. The predicted octanol–water partition coefficient (Wildman–Crippen LogP) is 9.80. The van der Waals surface area contributed by atoms with E-state index in [9.17, 15) is 18.0 Å². The zero-order valence-electron chi connectivity index (χ0n) is 22.4. The number of rotatable bonds is 10. The van der Waals surface area contributed by atoms with Crippen LogP contribution in [0.4, 0.5) is 13.2 Å². The molecule has 4 rings (SSSR count). The molecule has 0 radical (unpaired) electrons. The Bertz CT molecular complexity index is 1230. The summed E-state index contributed by atoms with van der Waals surface area (Å²) in [5, 5.41) is 0. The Morgan fingerprint density at radius 2 is 1.58 bits per heavy atom. The van der Waals surface area contributed by atoms with Gasteiger partial charge in [-0.2, -0.15) is 0 Å². The first kappa shape index (κ1) is 27.9. The molecule has 2 nitrogen and oxygen atoms in total. The minimum atomic E-state index is -1.17. The van der Waals surface area contributed by atoms with E-state index in [0.29, 0.717) is 22.6 Å². The third-order valence-corrected chi connectivity index (χ3v) is 7.79. The molecule has 1 aliphatic carbocycles. The summed E-state index contributed by atoms with van der Waals surface area (Å²) in [5.74, 6) is -2.58. The quantitative estimate of drug-likeness (QED) is 0.150. The first-order chi connectivity index (χ1) is 18.4. The van der Waals surface area contributed by atoms with Crippen LogP contribution in [0.25, 0.3) is 11.1 Å². The SMILES string of the molecule is CCCCCc1ccc(-c2ccc(OC(=O)c3ccc(C4CCC(CCC)CC4)c(F)c3F)cc2)c(F)c1. The zero-order chi connectivity index (χ0) is 27.1. The molecule has 1 fully saturated rings. The number of aryl methyl sites for hydroxylation is 1. The Hall–Kier alpha value is -3.08. The molecule has 0 unspecified atom stereocenters. The second-order valence-electron chi connectivity index (χ2n) is 10.5. The zero-order valence-corrected chi connectivity index (χ0v) is 22.4. The number of halogens is 3. The number of benzene rings is 3. The normalized spacial score (nSPS) is 17.4. The smallest absolute Gasteiger partial charge is 0.346 e. The molecule has 0 aromatic heterocycles. The summed E-state index contributed by atoms with van der Waals surface area (Å²) in [4.78, 5) is 12.7. The Morgan fingerprint density at radius 1 is 0.842 bits per heavy atom. The van der Waals surface area contributed by atoms with Crippen molar-refractivity contribution in [2.24, 2.45) is 5.92 Å². The van der Waals surface area contributed by atoms with E-state index in [2.05, 4.69) is 13.8 Å². The molecular weight excluding hydrogens is 485 g/mol. The van der Waals surface area contributed by atoms with Gasteiger partial charge in [-0.05, 0) is 91.3 Å². The average Bonchev–Trinajstić information content (AvgIpc) is 2.92. The highest BCUT2D eigenvalue weighted by Crippen LogP contribution is 2.39. The lowest BCUT2D eigenvalue weighted by Crippen LogP contribution is -2.17. The molecule has 0 N–H and O–H groups in total. The maximum atomic E-state index is 15.0. The third-order valence-electron chi connectivity index (χ3n) is 7.79. The topological polar surface area (TPSA) is 26.3 Å². The largest absolute Gasteiger partial charge is 0.423 e. The summed E-state index contributed by atoms with van der Waals surface area (Å²) in [7, 11) is 0. The van der Waals surface area contributed by atoms with Gasteiger partial charge in [0.05, 0.1) is 5.56 Å². The van der Waals surface area contributed by atoms with Crippen LogP contribution < -0.4 is 4.74 Å². The number of carbonyl (C=O) groups excluding carboxylic acids is 1. The molecule has 5 heteroatoms. The van der Waals surface area contributed by atoms with E-state index in [-0.39, 0.29) is 17.5 Å². The highest BCUT2D eigenvalue weighted by atomic mass is 19.2. The van der Waals surface area contributed by atoms with E-state index in [4.69, 9.17) is 4.74 Å². The van der Waals surface area contributed by atoms with Gasteiger partial charge >= 0.3 is 5.97 Å². The third kappa shape index (κ3) is 6.67. The van der Waals surface area contributed by atoms with Crippen LogP contribution in [0.1, 0.15) is 99.0 Å². The van der Waals surface area contributed by atoms with E-state index < -0.39 is 23.2 Å². The van der Waals surface area contributed by atoms with Gasteiger partial charge < -0.3 is 4.74 Å². The van der Waals surface area contributed by atoms with Gasteiger partial charge in [0.25, 0.3) is 0 Å². The lowest BCUT2D eigenvalue weighted by molar-refractivity contribution is 0.0728. The molecule has 0 atom stereocenters. The lowest BCUT2D eigenvalue weighted by Gasteiger charge is -2.29. The Labute approximate surface area is 224 Å². The van der Waals surface area contributed by atoms with E-state index in [1.165, 1.54) is 30.7 Å². The van der Waals surface area contributed by atoms with Gasteiger partial charge in [0.1, 0.15) is 11.6 Å². The first-order valence-electron chi connectivity index (χ1n) is 14.0. The number of hydrogen-bond donors (Lipinski definition) is 0. The van der Waals surface area contributed by atoms with E-state index in [1.807, 2.05) is 6.07 Å². The van der Waals surface area contributed by atoms with Gasteiger partial charge in [-0.1, -0.05) is 69.9 Å². The van der Waals surface area contributed by atoms with E-state index in [1.54, 1.807) is 24.3 Å². The molecule has 38 heavy (non-hydrogen) atoms. The molecule has 1 aliphatic rings. The lowest BCUT2D eigenvalue weighted by atomic mass is 9.77. The molecule has 3 aromatic rings. The molecule has 0 heterocycles. The molecule has 0 spiro atoms. The van der Waals surface area contributed by atoms with Crippen LogP contribution in [0.2, 0.25) is 0 Å². The number of carbonyl (C=O) groups is 1. The van der Waals surface area contributed by atoms with Crippen LogP contribution in [0.3, 0.4) is 0 Å². The van der Waals surface area contributed by atoms with Crippen LogP contribution in [-0.2, 0) is 6.42 Å². The van der Waals surface area contributed by atoms with Crippen molar-refractivity contribution < 1.29 is 22.7 Å². The second-order valence-corrected chi connectivity index (χ2v) is 10.5. The average molecular weight is 523 g/mol. The summed E-state index contributed by atoms with van der Waals surface area (Å²) in [6, 6.07) is 14.4. The number of hydrogen-bond acceptors (Lipinski definition) is 2. The van der Waals surface area contributed by atoms with Gasteiger partial charge in [-0.3, -0.25) is 0 Å². The summed E-state index contributed by atoms with van der Waals surface area (Å²) in [6.07, 6.45) is 10.1. The number of esters is 1. The fraction of sp³-hybridized carbons (Fsp3) is 0.424. The Kier molecular flexibility index (Phi) is 9.65. The van der Waals surface area contributed by atoms with E-state index in [0.717, 1.165) is 63.4 Å². The minimum Gasteiger partial charge on any atom is -0.423 e. The Balaban J connectivity index is 1.41. The van der Waals surface area contributed by atoms with Gasteiger partial charge in [-0.15, -0.1) is 0 Å². The predicted molar refractivity (Wildman–Crippen MR) is 146 cm³/mol. The van der Waals surface area contributed by atoms with Crippen molar-refractivity contribution >= 4 is 5.97 Å². The van der Waals surface area contributed by atoms with Crippen molar-refractivity contribution in [1.82, 2.24) is 0 Å². The van der Waals surface area contributed by atoms with Crippen molar-refractivity contribution in [3.8, 4) is 16.9 Å². The van der Waals surface area contributed by atoms with Crippen molar-refractivity contribution in [2.75, 3.05) is 0 Å². The van der Waals surface area contributed by atoms with Crippen LogP contribution >= 0.6 is 0 Å². The van der Waals surface area contributed by atoms with Gasteiger partial charge in [-0.25, -0.2) is 18.0 Å². The summed E-state index contributed by atoms with van der Waals surface area (Å²) >= 11 is 0. The summed E-state index contributed by atoms with van der Waals surface area (Å²) < 4.78 is 49.9. The van der Waals surface area contributed by atoms with Crippen molar-refractivity contribution in [3.05, 3.63) is 88.7 Å². The number of unbranched alkanes of at least 4 members (excludes halogenated alkanes) is 2. The Morgan fingerprint density at radius 3 is 2.24 bits per heavy atom. The van der Waals surface area contributed by atoms with Gasteiger partial charge in [0.15, 0.2) is 11.6 Å². The molecule has 0 amide bonds. The molecule has 0 saturated heterocycles. The van der Waals surface area contributed by atoms with Crippen LogP contribution in [0.15, 0.2) is 54.6 Å². The molecular formula is C33H37F3O2. The van der Waals surface area contributed by atoms with Crippen LogP contribution in [0.5, 0.6) is 5.75 Å². The molecule has 202 valence electrons. The van der Waals surface area contributed by atoms with Gasteiger partial charge in [0.2, 0.25) is 0 Å². The summed E-state index contributed by atoms with van der Waals surface area (Å²) in [5.41, 5.74) is 1.97. The maximum Gasteiger partial charge on any atom is 0.346 e. The second kappa shape index (κ2) is 13.1. The highest BCUT2D eigenvalue weighted by Gasteiger charge is 2.27. The molecule has 0 bridgehead atoms. The van der Waals surface area contributed by atoms with Gasteiger partial charge in [0, 0.05) is 5.56 Å². The molecule has 3 aromatic carbocycles. The maximum absolute atomic E-state index is 15.0. The standard InChI is InChI=1S/C33H37F3O2/c1-3-5-6-8-23-11-18-27(30(34)21-23)24-14-16-26(17-15-24)38-33(37)29-20-19-28(31(35)32(29)36)25-12-9-22(7-4-2)10-13-25/h11,14-22,25H,3-10,12-13H2,1-2H3. The monoisotopic (exact) mass is 522 g/mol. The van der Waals surface area contributed by atoms with Crippen LogP contribution in [0, 0.1) is 23.4 Å². The van der Waals surface area contributed by atoms with Crippen molar-refractivity contribution in [2.45, 2.75) is 84.0 Å². The minimum absolute atomic E-state index is 0.0268. The van der Waals surface area contributed by atoms with Crippen molar-refractivity contribution in [3.63, 3.8) is 0 Å². The highest BCUT2D eigenvalue weighted by molar-refractivity contribution is 5.91. The fourth-order valence-electron chi connectivity index (χ4n) is 5.60. The number of ether oxygens (including phenoxy) is 1.